The van der Waals surface area contributed by atoms with Crippen molar-refractivity contribution in [2.24, 2.45) is 0 Å². The minimum Gasteiger partial charge on any atom is -0.484 e. The number of amides is 1. The number of benzene rings is 2. The van der Waals surface area contributed by atoms with E-state index < -0.39 is 0 Å². The van der Waals surface area contributed by atoms with Crippen molar-refractivity contribution >= 4 is 11.6 Å². The molecule has 1 N–H and O–H groups in total. The van der Waals surface area contributed by atoms with E-state index in [4.69, 9.17) is 4.74 Å². The van der Waals surface area contributed by atoms with Crippen LogP contribution in [0.15, 0.2) is 48.5 Å². The highest BCUT2D eigenvalue weighted by molar-refractivity contribution is 5.77. The zero-order chi connectivity index (χ0) is 21.5. The van der Waals surface area contributed by atoms with Gasteiger partial charge in [-0.2, -0.15) is 0 Å². The van der Waals surface area contributed by atoms with Crippen molar-refractivity contribution in [2.45, 2.75) is 13.0 Å². The van der Waals surface area contributed by atoms with E-state index in [1.165, 1.54) is 16.8 Å². The summed E-state index contributed by atoms with van der Waals surface area (Å²) in [5, 5.41) is 3.08. The minimum atomic E-state index is -0.0976. The van der Waals surface area contributed by atoms with Crippen molar-refractivity contribution in [3.05, 3.63) is 59.7 Å². The van der Waals surface area contributed by atoms with Crippen LogP contribution in [0.3, 0.4) is 0 Å². The third-order valence-electron chi connectivity index (χ3n) is 5.66. The SMILES string of the molecule is Cc1ccc(OCC(=O)NCC(c2ccc(N(C)C)cc2)N2CCN(C)CC2)cc1. The predicted octanol–water partition coefficient (Wildman–Crippen LogP) is 2.54. The quantitative estimate of drug-likeness (QED) is 0.725. The number of rotatable bonds is 8. The third kappa shape index (κ3) is 6.21. The summed E-state index contributed by atoms with van der Waals surface area (Å²) in [6.45, 7) is 6.69. The Morgan fingerprint density at radius 1 is 1.03 bits per heavy atom. The molecule has 1 fully saturated rings. The normalized spacial score (nSPS) is 16.1. The first kappa shape index (κ1) is 22.1. The molecular formula is C24H34N4O2. The largest absolute Gasteiger partial charge is 0.484 e. The molecule has 2 aromatic rings. The van der Waals surface area contributed by atoms with Crippen LogP contribution in [0.25, 0.3) is 0 Å². The number of nitrogens with one attached hydrogen (secondary N) is 1. The van der Waals surface area contributed by atoms with Gasteiger partial charge in [-0.25, -0.2) is 0 Å². The lowest BCUT2D eigenvalue weighted by Gasteiger charge is -2.38. The van der Waals surface area contributed by atoms with Gasteiger partial charge in [0.2, 0.25) is 0 Å². The summed E-state index contributed by atoms with van der Waals surface area (Å²) in [5.41, 5.74) is 3.57. The van der Waals surface area contributed by atoms with Gasteiger partial charge in [-0.3, -0.25) is 9.69 Å². The summed E-state index contributed by atoms with van der Waals surface area (Å²) in [5.74, 6) is 0.616. The molecule has 162 valence electrons. The Morgan fingerprint density at radius 3 is 2.27 bits per heavy atom. The molecule has 0 aliphatic carbocycles. The topological polar surface area (TPSA) is 48.1 Å². The molecule has 0 bridgehead atoms. The van der Waals surface area contributed by atoms with Crippen molar-refractivity contribution in [1.82, 2.24) is 15.1 Å². The average Bonchev–Trinajstić information content (AvgIpc) is 2.75. The van der Waals surface area contributed by atoms with Crippen LogP contribution in [0.2, 0.25) is 0 Å². The highest BCUT2D eigenvalue weighted by Crippen LogP contribution is 2.24. The lowest BCUT2D eigenvalue weighted by molar-refractivity contribution is -0.123. The molecule has 1 aliphatic rings. The van der Waals surface area contributed by atoms with Gasteiger partial charge in [0.15, 0.2) is 6.61 Å². The number of aryl methyl sites for hydroxylation is 1. The van der Waals surface area contributed by atoms with Gasteiger partial charge in [0.1, 0.15) is 5.75 Å². The summed E-state index contributed by atoms with van der Waals surface area (Å²) >= 11 is 0. The van der Waals surface area contributed by atoms with Gasteiger partial charge in [-0.1, -0.05) is 29.8 Å². The molecular weight excluding hydrogens is 376 g/mol. The van der Waals surface area contributed by atoms with Gasteiger partial charge in [0.25, 0.3) is 5.91 Å². The molecule has 3 rings (SSSR count). The van der Waals surface area contributed by atoms with Gasteiger partial charge in [-0.15, -0.1) is 0 Å². The van der Waals surface area contributed by atoms with E-state index in [9.17, 15) is 4.79 Å². The first-order valence-electron chi connectivity index (χ1n) is 10.6. The highest BCUT2D eigenvalue weighted by Gasteiger charge is 2.24. The van der Waals surface area contributed by atoms with E-state index >= 15 is 0 Å². The molecule has 0 aromatic heterocycles. The summed E-state index contributed by atoms with van der Waals surface area (Å²) < 4.78 is 5.62. The fourth-order valence-corrected chi connectivity index (χ4v) is 3.63. The summed E-state index contributed by atoms with van der Waals surface area (Å²) in [4.78, 5) is 19.3. The molecule has 1 heterocycles. The second-order valence-electron chi connectivity index (χ2n) is 8.25. The van der Waals surface area contributed by atoms with E-state index in [-0.39, 0.29) is 18.6 Å². The van der Waals surface area contributed by atoms with Gasteiger partial charge >= 0.3 is 0 Å². The molecule has 1 atom stereocenters. The number of anilines is 1. The molecule has 6 nitrogen and oxygen atoms in total. The maximum atomic E-state index is 12.4. The molecule has 1 saturated heterocycles. The van der Waals surface area contributed by atoms with Crippen LogP contribution in [0.1, 0.15) is 17.2 Å². The minimum absolute atomic E-state index is 0.0259. The van der Waals surface area contributed by atoms with Gasteiger partial charge in [0.05, 0.1) is 6.04 Å². The molecule has 1 amide bonds. The molecule has 6 heteroatoms. The Bertz CT molecular complexity index is 797. The van der Waals surface area contributed by atoms with E-state index in [0.29, 0.717) is 12.3 Å². The summed E-state index contributed by atoms with van der Waals surface area (Å²) in [6, 6.07) is 16.5. The maximum Gasteiger partial charge on any atom is 0.258 e. The number of piperazine rings is 1. The molecule has 0 saturated carbocycles. The average molecular weight is 411 g/mol. The van der Waals surface area contributed by atoms with Crippen LogP contribution in [0.5, 0.6) is 5.75 Å². The van der Waals surface area contributed by atoms with Crippen molar-refractivity contribution in [3.63, 3.8) is 0 Å². The number of carbonyl (C=O) groups is 1. The van der Waals surface area contributed by atoms with Gasteiger partial charge in [-0.05, 0) is 43.8 Å². The summed E-state index contributed by atoms with van der Waals surface area (Å²) in [7, 11) is 6.24. The van der Waals surface area contributed by atoms with Crippen molar-refractivity contribution < 1.29 is 9.53 Å². The Labute approximate surface area is 180 Å². The number of hydrogen-bond donors (Lipinski definition) is 1. The molecule has 1 unspecified atom stereocenters. The van der Waals surface area contributed by atoms with E-state index in [0.717, 1.165) is 26.2 Å². The van der Waals surface area contributed by atoms with Crippen molar-refractivity contribution in [2.75, 3.05) is 65.4 Å². The van der Waals surface area contributed by atoms with Crippen molar-refractivity contribution in [1.29, 1.82) is 0 Å². The monoisotopic (exact) mass is 410 g/mol. The third-order valence-corrected chi connectivity index (χ3v) is 5.66. The summed E-state index contributed by atoms with van der Waals surface area (Å²) in [6.07, 6.45) is 0. The number of likely N-dealkylation sites (N-methyl/N-ethyl adjacent to an activating group) is 1. The Hall–Kier alpha value is -2.57. The number of nitrogens with zero attached hydrogens (tertiary/aromatic N) is 3. The smallest absolute Gasteiger partial charge is 0.258 e. The number of carbonyl (C=O) groups excluding carboxylic acids is 1. The molecule has 1 aliphatic heterocycles. The van der Waals surface area contributed by atoms with Gasteiger partial charge < -0.3 is 19.9 Å². The number of ether oxygens (including phenoxy) is 1. The van der Waals surface area contributed by atoms with E-state index in [2.05, 4.69) is 51.3 Å². The second kappa shape index (κ2) is 10.5. The Balaban J connectivity index is 1.61. The van der Waals surface area contributed by atoms with Gasteiger partial charge in [0, 0.05) is 52.5 Å². The molecule has 0 radical (unpaired) electrons. The van der Waals surface area contributed by atoms with Crippen molar-refractivity contribution in [3.8, 4) is 5.75 Å². The first-order valence-corrected chi connectivity index (χ1v) is 10.6. The van der Waals surface area contributed by atoms with E-state index in [1.54, 1.807) is 0 Å². The second-order valence-corrected chi connectivity index (χ2v) is 8.25. The van der Waals surface area contributed by atoms with Crippen LogP contribution in [-0.4, -0.2) is 76.2 Å². The molecule has 0 spiro atoms. The fourth-order valence-electron chi connectivity index (χ4n) is 3.63. The first-order chi connectivity index (χ1) is 14.4. The Morgan fingerprint density at radius 2 is 1.67 bits per heavy atom. The van der Waals surface area contributed by atoms with Crippen LogP contribution in [0.4, 0.5) is 5.69 Å². The number of hydrogen-bond acceptors (Lipinski definition) is 5. The standard InChI is InChI=1S/C24H34N4O2/c1-19-5-11-22(12-6-19)30-18-24(29)25-17-23(28-15-13-27(4)14-16-28)20-7-9-21(10-8-20)26(2)3/h5-12,23H,13-18H2,1-4H3,(H,25,29). The van der Waals surface area contributed by atoms with Crippen LogP contribution in [0, 0.1) is 6.92 Å². The highest BCUT2D eigenvalue weighted by atomic mass is 16.5. The van der Waals surface area contributed by atoms with Crippen LogP contribution in [-0.2, 0) is 4.79 Å². The lowest BCUT2D eigenvalue weighted by Crippen LogP contribution is -2.48. The van der Waals surface area contributed by atoms with E-state index in [1.807, 2.05) is 45.3 Å². The van der Waals surface area contributed by atoms with Crippen LogP contribution >= 0.6 is 0 Å². The zero-order valence-corrected chi connectivity index (χ0v) is 18.6. The molecule has 2 aromatic carbocycles. The molecule has 30 heavy (non-hydrogen) atoms. The Kier molecular flexibility index (Phi) is 7.71. The lowest BCUT2D eigenvalue weighted by atomic mass is 10.0. The maximum absolute atomic E-state index is 12.4. The fraction of sp³-hybridized carbons (Fsp3) is 0.458. The zero-order valence-electron chi connectivity index (χ0n) is 18.6. The van der Waals surface area contributed by atoms with Crippen LogP contribution < -0.4 is 15.0 Å². The predicted molar refractivity (Wildman–Crippen MR) is 122 cm³/mol.